The Balaban J connectivity index is 2.73. The number of methoxy groups -OCH3 is 2. The van der Waals surface area contributed by atoms with Crippen molar-refractivity contribution in [3.63, 3.8) is 0 Å². The van der Waals surface area contributed by atoms with Gasteiger partial charge in [-0.1, -0.05) is 38.1 Å². The van der Waals surface area contributed by atoms with Gasteiger partial charge in [0.1, 0.15) is 11.6 Å². The van der Waals surface area contributed by atoms with Crippen LogP contribution in [-0.4, -0.2) is 19.3 Å². The number of rotatable bonds is 7. The second-order valence-corrected chi connectivity index (χ2v) is 6.57. The fourth-order valence-corrected chi connectivity index (χ4v) is 2.95. The average molecular weight is 344 g/mol. The molecule has 1 N–H and O–H groups in total. The molecule has 1 atom stereocenters. The molecule has 0 heterocycles. The van der Waals surface area contributed by atoms with Crippen LogP contribution in [0.3, 0.4) is 0 Å². The molecule has 0 aliphatic carbocycles. The van der Waals surface area contributed by atoms with Crippen LogP contribution in [0.4, 0.5) is 4.39 Å². The van der Waals surface area contributed by atoms with Crippen LogP contribution in [0.2, 0.25) is 0 Å². The molecule has 0 radical (unpaired) electrons. The lowest BCUT2D eigenvalue weighted by Gasteiger charge is -2.32. The van der Waals surface area contributed by atoms with Gasteiger partial charge in [0.05, 0.1) is 19.8 Å². The van der Waals surface area contributed by atoms with Crippen LogP contribution < -0.4 is 4.74 Å². The van der Waals surface area contributed by atoms with E-state index in [1.165, 1.54) is 6.07 Å². The molecule has 2 aromatic carbocycles. The van der Waals surface area contributed by atoms with Crippen LogP contribution in [0.5, 0.6) is 5.75 Å². The second-order valence-electron chi connectivity index (χ2n) is 6.57. The van der Waals surface area contributed by atoms with Crippen LogP contribution in [0.25, 0.3) is 11.1 Å². The van der Waals surface area contributed by atoms with Crippen molar-refractivity contribution in [2.45, 2.75) is 26.6 Å². The highest BCUT2D eigenvalue weighted by molar-refractivity contribution is 5.70. The molecule has 0 bridgehead atoms. The molecule has 0 aliphatic rings. The number of hydrogen-bond donors (Lipinski definition) is 1. The van der Waals surface area contributed by atoms with E-state index in [-0.39, 0.29) is 23.9 Å². The number of halogens is 1. The van der Waals surface area contributed by atoms with Gasteiger partial charge >= 0.3 is 0 Å². The monoisotopic (exact) mass is 344 g/mol. The van der Waals surface area contributed by atoms with E-state index < -0.39 is 0 Å². The Labute approximate surface area is 148 Å². The van der Waals surface area contributed by atoms with E-state index in [2.05, 4.69) is 6.58 Å². The molecule has 0 spiro atoms. The minimum Gasteiger partial charge on any atom is -0.497 e. The van der Waals surface area contributed by atoms with Crippen molar-refractivity contribution in [3.05, 3.63) is 66.0 Å². The molecule has 25 heavy (non-hydrogen) atoms. The summed E-state index contributed by atoms with van der Waals surface area (Å²) in [6.45, 7) is 7.81. The highest BCUT2D eigenvalue weighted by Crippen LogP contribution is 2.42. The third-order valence-electron chi connectivity index (χ3n) is 4.48. The largest absolute Gasteiger partial charge is 0.497 e. The minimum atomic E-state index is -0.382. The second kappa shape index (κ2) is 7.81. The van der Waals surface area contributed by atoms with Crippen molar-refractivity contribution < 1.29 is 19.0 Å². The normalized spacial score (nSPS) is 12.7. The van der Waals surface area contributed by atoms with Gasteiger partial charge in [-0.25, -0.2) is 4.39 Å². The van der Waals surface area contributed by atoms with Gasteiger partial charge in [-0.2, -0.15) is 0 Å². The number of benzene rings is 2. The highest BCUT2D eigenvalue weighted by Gasteiger charge is 2.31. The van der Waals surface area contributed by atoms with Crippen molar-refractivity contribution >= 4 is 0 Å². The quantitative estimate of drug-likeness (QED) is 0.727. The smallest absolute Gasteiger partial charge is 0.131 e. The van der Waals surface area contributed by atoms with E-state index in [1.807, 2.05) is 32.1 Å². The van der Waals surface area contributed by atoms with Gasteiger partial charge in [-0.3, -0.25) is 0 Å². The van der Waals surface area contributed by atoms with Gasteiger partial charge in [0, 0.05) is 18.1 Å². The molecule has 1 unspecified atom stereocenters. The lowest BCUT2D eigenvalue weighted by Crippen LogP contribution is -2.22. The van der Waals surface area contributed by atoms with Crippen LogP contribution >= 0.6 is 0 Å². The summed E-state index contributed by atoms with van der Waals surface area (Å²) in [6, 6.07) is 10.1. The molecule has 0 saturated carbocycles. The molecular weight excluding hydrogens is 319 g/mol. The van der Waals surface area contributed by atoms with E-state index >= 15 is 0 Å². The summed E-state index contributed by atoms with van der Waals surface area (Å²) in [5.41, 5.74) is 2.29. The molecular formula is C21H25FO3. The Hall–Kier alpha value is -2.17. The summed E-state index contributed by atoms with van der Waals surface area (Å²) in [5.74, 6) is 0.232. The van der Waals surface area contributed by atoms with Gasteiger partial charge in [0.2, 0.25) is 0 Å². The Morgan fingerprint density at radius 2 is 1.88 bits per heavy atom. The van der Waals surface area contributed by atoms with Gasteiger partial charge in [-0.15, -0.1) is 6.58 Å². The topological polar surface area (TPSA) is 38.7 Å². The summed E-state index contributed by atoms with van der Waals surface area (Å²) in [4.78, 5) is 0. The molecule has 2 rings (SSSR count). The number of aliphatic hydroxyl groups excluding tert-OH is 1. The zero-order chi connectivity index (χ0) is 18.6. The molecule has 0 aliphatic heterocycles. The molecule has 134 valence electrons. The first-order valence-corrected chi connectivity index (χ1v) is 8.12. The maximum atomic E-state index is 14.5. The third-order valence-corrected chi connectivity index (χ3v) is 4.48. The number of aliphatic hydroxyl groups is 1. The number of ether oxygens (including phenoxy) is 2. The Bertz CT molecular complexity index is 753. The van der Waals surface area contributed by atoms with Crippen molar-refractivity contribution in [2.75, 3.05) is 14.2 Å². The predicted molar refractivity (Wildman–Crippen MR) is 98.0 cm³/mol. The van der Waals surface area contributed by atoms with E-state index in [4.69, 9.17) is 9.47 Å². The van der Waals surface area contributed by atoms with E-state index in [0.29, 0.717) is 16.9 Å². The summed E-state index contributed by atoms with van der Waals surface area (Å²) >= 11 is 0. The summed E-state index contributed by atoms with van der Waals surface area (Å²) in [5, 5.41) is 9.52. The van der Waals surface area contributed by atoms with Crippen molar-refractivity contribution in [1.29, 1.82) is 0 Å². The van der Waals surface area contributed by atoms with E-state index in [9.17, 15) is 9.50 Å². The van der Waals surface area contributed by atoms with Crippen molar-refractivity contribution in [2.24, 2.45) is 5.41 Å². The zero-order valence-electron chi connectivity index (χ0n) is 15.2. The van der Waals surface area contributed by atoms with Crippen LogP contribution in [-0.2, 0) is 11.3 Å². The summed E-state index contributed by atoms with van der Waals surface area (Å²) in [6.07, 6.45) is 1.47. The maximum Gasteiger partial charge on any atom is 0.131 e. The molecule has 0 aromatic heterocycles. The maximum absolute atomic E-state index is 14.5. The standard InChI is InChI=1S/C21H25FO3/c1-6-21(2,3)20(25-5)18-11-14(13-23)7-9-16(18)17-12-15(24-4)8-10-19(17)22/h6-12,20,23H,1,13H2,2-5H3. The summed E-state index contributed by atoms with van der Waals surface area (Å²) in [7, 11) is 3.17. The number of hydrogen-bond acceptors (Lipinski definition) is 3. The van der Waals surface area contributed by atoms with Crippen LogP contribution in [0.1, 0.15) is 31.1 Å². The first-order chi connectivity index (χ1) is 11.9. The fraction of sp³-hybridized carbons (Fsp3) is 0.333. The molecule has 0 saturated heterocycles. The first kappa shape index (κ1) is 19.2. The fourth-order valence-electron chi connectivity index (χ4n) is 2.95. The van der Waals surface area contributed by atoms with Crippen LogP contribution in [0.15, 0.2) is 49.1 Å². The lowest BCUT2D eigenvalue weighted by atomic mass is 9.79. The zero-order valence-corrected chi connectivity index (χ0v) is 15.2. The predicted octanol–water partition coefficient (Wildman–Crippen LogP) is 4.89. The SMILES string of the molecule is C=CC(C)(C)C(OC)c1cc(CO)ccc1-c1cc(OC)ccc1F. The van der Waals surface area contributed by atoms with Gasteiger partial charge < -0.3 is 14.6 Å². The van der Waals surface area contributed by atoms with Crippen molar-refractivity contribution in [1.82, 2.24) is 0 Å². The van der Waals surface area contributed by atoms with E-state index in [1.54, 1.807) is 32.4 Å². The van der Waals surface area contributed by atoms with Gasteiger partial charge in [-0.05, 0) is 34.9 Å². The van der Waals surface area contributed by atoms with Gasteiger partial charge in [0.15, 0.2) is 0 Å². The average Bonchev–Trinajstić information content (AvgIpc) is 2.62. The lowest BCUT2D eigenvalue weighted by molar-refractivity contribution is 0.0306. The molecule has 0 amide bonds. The summed E-state index contributed by atoms with van der Waals surface area (Å²) < 4.78 is 25.5. The van der Waals surface area contributed by atoms with Crippen molar-refractivity contribution in [3.8, 4) is 16.9 Å². The van der Waals surface area contributed by atoms with Gasteiger partial charge in [0.25, 0.3) is 0 Å². The molecule has 4 heteroatoms. The highest BCUT2D eigenvalue weighted by atomic mass is 19.1. The molecule has 0 fully saturated rings. The Morgan fingerprint density at radius 3 is 2.44 bits per heavy atom. The Morgan fingerprint density at radius 1 is 1.16 bits per heavy atom. The first-order valence-electron chi connectivity index (χ1n) is 8.12. The van der Waals surface area contributed by atoms with E-state index in [0.717, 1.165) is 11.1 Å². The third kappa shape index (κ3) is 3.91. The molecule has 3 nitrogen and oxygen atoms in total. The van der Waals surface area contributed by atoms with Crippen LogP contribution in [0, 0.1) is 11.2 Å². The minimum absolute atomic E-state index is 0.0984. The Kier molecular flexibility index (Phi) is 5.98. The molecule has 2 aromatic rings.